The third kappa shape index (κ3) is 4.58. The fourth-order valence-electron chi connectivity index (χ4n) is 4.18. The lowest BCUT2D eigenvalue weighted by molar-refractivity contribution is -0.113. The fraction of sp³-hybridized carbons (Fsp3) is 0.591. The van der Waals surface area contributed by atoms with Crippen molar-refractivity contribution >= 4 is 34.0 Å². The summed E-state index contributed by atoms with van der Waals surface area (Å²) in [7, 11) is 0. The third-order valence-electron chi connectivity index (χ3n) is 5.95. The largest absolute Gasteiger partial charge is 0.376 e. The second-order valence-corrected chi connectivity index (χ2v) is 10.1. The molecule has 0 radical (unpaired) electrons. The molecule has 2 aliphatic rings. The van der Waals surface area contributed by atoms with Gasteiger partial charge >= 0.3 is 0 Å². The Bertz CT molecular complexity index is 967. The molecule has 2 aromatic heterocycles. The van der Waals surface area contributed by atoms with E-state index >= 15 is 0 Å². The summed E-state index contributed by atoms with van der Waals surface area (Å²) in [5.41, 5.74) is 3.94. The number of imidazole rings is 1. The number of carbonyl (C=O) groups excluding carboxylic acids is 1. The Morgan fingerprint density at radius 2 is 2.17 bits per heavy atom. The van der Waals surface area contributed by atoms with Crippen molar-refractivity contribution in [2.45, 2.75) is 76.6 Å². The minimum absolute atomic E-state index is 0.0881. The number of rotatable bonds is 6. The smallest absolute Gasteiger partial charge is 0.235 e. The maximum Gasteiger partial charge on any atom is 0.235 e. The number of anilines is 1. The lowest BCUT2D eigenvalue weighted by Gasteiger charge is -2.14. The third-order valence-corrected chi connectivity index (χ3v) is 8.13. The number of hydrogen-bond donors (Lipinski definition) is 1. The monoisotopic (exact) mass is 444 g/mol. The van der Waals surface area contributed by atoms with E-state index in [1.165, 1.54) is 23.1 Å². The van der Waals surface area contributed by atoms with E-state index in [4.69, 9.17) is 4.74 Å². The molecule has 1 aliphatic carbocycles. The Morgan fingerprint density at radius 1 is 1.33 bits per heavy atom. The van der Waals surface area contributed by atoms with Gasteiger partial charge in [-0.25, -0.2) is 4.98 Å². The van der Waals surface area contributed by atoms with Crippen LogP contribution in [-0.2, 0) is 28.9 Å². The molecule has 1 aliphatic heterocycles. The molecule has 2 aromatic rings. The van der Waals surface area contributed by atoms with E-state index in [2.05, 4.69) is 27.9 Å². The van der Waals surface area contributed by atoms with Gasteiger partial charge in [0, 0.05) is 17.2 Å². The second-order valence-electron chi connectivity index (χ2n) is 8.03. The van der Waals surface area contributed by atoms with Crippen LogP contribution in [0.3, 0.4) is 0 Å². The van der Waals surface area contributed by atoms with Crippen LogP contribution in [0.15, 0.2) is 5.16 Å². The zero-order valence-corrected chi connectivity index (χ0v) is 19.3. The molecule has 0 saturated carbocycles. The summed E-state index contributed by atoms with van der Waals surface area (Å²) in [6.45, 7) is 5.68. The number of aryl methyl sites for hydroxylation is 2. The first-order valence-electron chi connectivity index (χ1n) is 10.7. The molecule has 0 aromatic carbocycles. The lowest BCUT2D eigenvalue weighted by atomic mass is 10.1. The van der Waals surface area contributed by atoms with Crippen LogP contribution in [0.4, 0.5) is 5.00 Å². The molecule has 0 spiro atoms. The van der Waals surface area contributed by atoms with Gasteiger partial charge in [0.05, 0.1) is 29.7 Å². The Labute approximate surface area is 186 Å². The van der Waals surface area contributed by atoms with Crippen LogP contribution in [0.1, 0.15) is 59.5 Å². The van der Waals surface area contributed by atoms with Gasteiger partial charge in [-0.15, -0.1) is 11.3 Å². The predicted molar refractivity (Wildman–Crippen MR) is 120 cm³/mol. The van der Waals surface area contributed by atoms with E-state index in [9.17, 15) is 10.1 Å². The average Bonchev–Trinajstić information content (AvgIpc) is 3.37. The van der Waals surface area contributed by atoms with E-state index < -0.39 is 0 Å². The first-order valence-corrected chi connectivity index (χ1v) is 12.5. The number of thiophene rings is 1. The summed E-state index contributed by atoms with van der Waals surface area (Å²) in [6, 6.07) is 2.33. The Hall–Kier alpha value is -1.82. The van der Waals surface area contributed by atoms with E-state index in [0.717, 1.165) is 73.8 Å². The molecule has 0 bridgehead atoms. The number of thioether (sulfide) groups is 1. The Kier molecular flexibility index (Phi) is 6.81. The van der Waals surface area contributed by atoms with Crippen LogP contribution in [0.5, 0.6) is 0 Å². The van der Waals surface area contributed by atoms with Gasteiger partial charge in [0.25, 0.3) is 0 Å². The molecule has 1 atom stereocenters. The predicted octanol–water partition coefficient (Wildman–Crippen LogP) is 4.61. The summed E-state index contributed by atoms with van der Waals surface area (Å²) in [5, 5.41) is 14.2. The van der Waals surface area contributed by atoms with E-state index in [0.29, 0.717) is 10.6 Å². The van der Waals surface area contributed by atoms with Crippen molar-refractivity contribution in [2.75, 3.05) is 17.7 Å². The molecule has 160 valence electrons. The van der Waals surface area contributed by atoms with Crippen LogP contribution < -0.4 is 5.32 Å². The fourth-order valence-corrected chi connectivity index (χ4v) is 6.34. The number of aromatic nitrogens is 2. The van der Waals surface area contributed by atoms with Crippen LogP contribution in [-0.4, -0.2) is 33.9 Å². The van der Waals surface area contributed by atoms with Crippen molar-refractivity contribution in [3.8, 4) is 6.07 Å². The molecular formula is C22H28N4O2S2. The maximum absolute atomic E-state index is 12.7. The van der Waals surface area contributed by atoms with Gasteiger partial charge in [0.15, 0.2) is 5.16 Å². The number of fused-ring (bicyclic) bond motifs is 1. The Balaban J connectivity index is 1.42. The van der Waals surface area contributed by atoms with Crippen LogP contribution in [0.2, 0.25) is 0 Å². The number of amides is 1. The molecule has 1 amide bonds. The number of ether oxygens (including phenoxy) is 1. The van der Waals surface area contributed by atoms with Crippen molar-refractivity contribution in [2.24, 2.45) is 0 Å². The van der Waals surface area contributed by atoms with Crippen LogP contribution in [0.25, 0.3) is 0 Å². The summed E-state index contributed by atoms with van der Waals surface area (Å²) < 4.78 is 7.97. The molecule has 1 fully saturated rings. The van der Waals surface area contributed by atoms with Gasteiger partial charge < -0.3 is 14.6 Å². The van der Waals surface area contributed by atoms with Gasteiger partial charge in [-0.05, 0) is 57.9 Å². The van der Waals surface area contributed by atoms with Crippen molar-refractivity contribution in [1.82, 2.24) is 9.55 Å². The van der Waals surface area contributed by atoms with Crippen molar-refractivity contribution in [1.29, 1.82) is 5.26 Å². The summed E-state index contributed by atoms with van der Waals surface area (Å²) >= 11 is 3.03. The molecular weight excluding hydrogens is 416 g/mol. The molecule has 1 saturated heterocycles. The highest BCUT2D eigenvalue weighted by Gasteiger charge is 2.23. The zero-order valence-electron chi connectivity index (χ0n) is 17.6. The standard InChI is InChI=1S/C22H28N4O2S2/c1-14-15(2)26(12-16-7-6-10-28-16)22(24-14)29-13-20(27)25-21-18(11-23)17-8-4-3-5-9-19(17)30-21/h16H,3-10,12-13H2,1-2H3,(H,25,27). The minimum atomic E-state index is -0.0881. The summed E-state index contributed by atoms with van der Waals surface area (Å²) in [4.78, 5) is 18.6. The molecule has 1 N–H and O–H groups in total. The average molecular weight is 445 g/mol. The quantitative estimate of drug-likeness (QED) is 0.520. The first kappa shape index (κ1) is 21.4. The van der Waals surface area contributed by atoms with Gasteiger partial charge in [-0.3, -0.25) is 4.79 Å². The maximum atomic E-state index is 12.7. The van der Waals surface area contributed by atoms with E-state index in [1.54, 1.807) is 11.3 Å². The number of carbonyl (C=O) groups is 1. The molecule has 8 heteroatoms. The van der Waals surface area contributed by atoms with E-state index in [-0.39, 0.29) is 17.8 Å². The SMILES string of the molecule is Cc1nc(SCC(=O)Nc2sc3c(c2C#N)CCCCC3)n(CC2CCCO2)c1C. The second kappa shape index (κ2) is 9.54. The van der Waals surface area contributed by atoms with E-state index in [1.807, 2.05) is 6.92 Å². The molecule has 3 heterocycles. The molecule has 6 nitrogen and oxygen atoms in total. The van der Waals surface area contributed by atoms with Gasteiger partial charge in [0.2, 0.25) is 5.91 Å². The number of nitriles is 1. The topological polar surface area (TPSA) is 79.9 Å². The number of hydrogen-bond acceptors (Lipinski definition) is 6. The van der Waals surface area contributed by atoms with Crippen LogP contribution in [0, 0.1) is 25.2 Å². The highest BCUT2D eigenvalue weighted by Crippen LogP contribution is 2.37. The minimum Gasteiger partial charge on any atom is -0.376 e. The van der Waals surface area contributed by atoms with Crippen molar-refractivity contribution in [3.63, 3.8) is 0 Å². The van der Waals surface area contributed by atoms with Gasteiger partial charge in [-0.1, -0.05) is 18.2 Å². The first-order chi connectivity index (χ1) is 14.6. The normalized spacial score (nSPS) is 18.6. The zero-order chi connectivity index (χ0) is 21.1. The highest BCUT2D eigenvalue weighted by molar-refractivity contribution is 7.99. The lowest BCUT2D eigenvalue weighted by Crippen LogP contribution is -2.18. The summed E-state index contributed by atoms with van der Waals surface area (Å²) in [6.07, 6.45) is 7.85. The van der Waals surface area contributed by atoms with Gasteiger partial charge in [-0.2, -0.15) is 5.26 Å². The summed E-state index contributed by atoms with van der Waals surface area (Å²) in [5.74, 6) is 0.185. The number of nitrogens with one attached hydrogen (secondary N) is 1. The van der Waals surface area contributed by atoms with Crippen molar-refractivity contribution in [3.05, 3.63) is 27.4 Å². The Morgan fingerprint density at radius 3 is 2.93 bits per heavy atom. The molecule has 30 heavy (non-hydrogen) atoms. The highest BCUT2D eigenvalue weighted by atomic mass is 32.2. The van der Waals surface area contributed by atoms with Crippen molar-refractivity contribution < 1.29 is 9.53 Å². The van der Waals surface area contributed by atoms with Crippen LogP contribution >= 0.6 is 23.1 Å². The molecule has 4 rings (SSSR count). The molecule has 1 unspecified atom stereocenters. The van der Waals surface area contributed by atoms with Gasteiger partial charge in [0.1, 0.15) is 11.1 Å². The number of nitrogens with zero attached hydrogens (tertiary/aromatic N) is 3.